The molecule has 76 heavy (non-hydrogen) atoms. The molecule has 2 amide bonds. The number of hydrogen-bond acceptors (Lipinski definition) is 15. The Morgan fingerprint density at radius 2 is 1.55 bits per heavy atom. The Morgan fingerprint density at radius 1 is 0.868 bits per heavy atom. The Kier molecular flexibility index (Phi) is 16.6. The van der Waals surface area contributed by atoms with Crippen LogP contribution in [0.3, 0.4) is 0 Å². The minimum atomic E-state index is -1.96. The van der Waals surface area contributed by atoms with Crippen molar-refractivity contribution in [3.8, 4) is 17.2 Å². The molecule has 5 bridgehead atoms. The SMILES string of the molecule is C/C1=C/C=C/[C@H](C)[C@H](O)[C@@H](C)[C@@H](O)[C@@H](C)[C@H](OC(=O)CC(=O)N2CCCC3(CCN(C)CC3)C2)[C@H](C)[C@@H](C(C)C)/C=C/O[C@@]2(C)Oc3c(C)c(O)c4c(O)c(c5c(c4c3C2=O)NC2(CCN(CC(C)C)CC2)N=5)=NC1=O. The largest absolute Gasteiger partial charge is 0.507 e. The Morgan fingerprint density at radius 3 is 2.21 bits per heavy atom. The minimum Gasteiger partial charge on any atom is -0.507 e. The summed E-state index contributed by atoms with van der Waals surface area (Å²) < 4.78 is 19.2. The summed E-state index contributed by atoms with van der Waals surface area (Å²) in [4.78, 5) is 73.4. The highest BCUT2D eigenvalue weighted by Crippen LogP contribution is 2.51. The molecule has 5 N–H and O–H groups in total. The lowest BCUT2D eigenvalue weighted by Crippen LogP contribution is -2.51. The summed E-state index contributed by atoms with van der Waals surface area (Å²) >= 11 is 0. The topological polar surface area (TPSA) is 223 Å². The van der Waals surface area contributed by atoms with Gasteiger partial charge in [0.05, 0.1) is 35.1 Å². The van der Waals surface area contributed by atoms with E-state index in [1.807, 2.05) is 25.7 Å². The Bertz CT molecular complexity index is 2810. The number of esters is 1. The molecule has 0 radical (unpaired) electrons. The van der Waals surface area contributed by atoms with Crippen LogP contribution in [0.5, 0.6) is 17.2 Å². The van der Waals surface area contributed by atoms with Crippen LogP contribution in [-0.4, -0.2) is 141 Å². The normalized spacial score (nSPS) is 31.8. The van der Waals surface area contributed by atoms with Crippen molar-refractivity contribution in [3.05, 3.63) is 58.0 Å². The summed E-state index contributed by atoms with van der Waals surface area (Å²) in [5.41, 5.74) is -0.0795. The first kappa shape index (κ1) is 56.8. The van der Waals surface area contributed by atoms with E-state index < -0.39 is 89.2 Å². The summed E-state index contributed by atoms with van der Waals surface area (Å²) in [6, 6.07) is 0. The zero-order valence-corrected chi connectivity index (χ0v) is 46.9. The first-order chi connectivity index (χ1) is 35.8. The van der Waals surface area contributed by atoms with Gasteiger partial charge in [-0.1, -0.05) is 73.6 Å². The number of Topliss-reactive ketones (excluding diaryl/α,β-unsaturated/α-hetero) is 1. The summed E-state index contributed by atoms with van der Waals surface area (Å²) in [5.74, 6) is -7.60. The molecule has 17 nitrogen and oxygen atoms in total. The van der Waals surface area contributed by atoms with E-state index in [1.54, 1.807) is 58.9 Å². The Labute approximate surface area is 448 Å². The first-order valence-corrected chi connectivity index (χ1v) is 27.8. The number of carbonyl (C=O) groups excluding carboxylic acids is 4. The van der Waals surface area contributed by atoms with E-state index in [0.717, 1.165) is 58.4 Å². The third kappa shape index (κ3) is 11.0. The van der Waals surface area contributed by atoms with Crippen LogP contribution >= 0.6 is 0 Å². The molecule has 0 aliphatic carbocycles. The van der Waals surface area contributed by atoms with Crippen LogP contribution in [0.25, 0.3) is 10.8 Å². The fraction of sp³-hybridized carbons (Fsp3) is 0.661. The molecular weight excluding hydrogens is 969 g/mol. The lowest BCUT2D eigenvalue weighted by molar-refractivity contribution is -0.164. The number of rotatable bonds is 6. The number of ketones is 1. The number of amides is 2. The molecule has 9 rings (SSSR count). The number of nitrogens with one attached hydrogen (secondary N) is 1. The zero-order chi connectivity index (χ0) is 55.3. The summed E-state index contributed by atoms with van der Waals surface area (Å²) in [6.07, 6.45) is 9.49. The second-order valence-electron chi connectivity index (χ2n) is 24.4. The van der Waals surface area contributed by atoms with Crippen molar-refractivity contribution in [3.63, 3.8) is 0 Å². The highest BCUT2D eigenvalue weighted by atomic mass is 16.7. The van der Waals surface area contributed by atoms with E-state index in [4.69, 9.17) is 19.2 Å². The quantitative estimate of drug-likeness (QED) is 0.115. The number of carbonyl (C=O) groups is 4. The molecule has 7 heterocycles. The second-order valence-corrected chi connectivity index (χ2v) is 24.4. The van der Waals surface area contributed by atoms with Crippen molar-refractivity contribution in [1.29, 1.82) is 0 Å². The van der Waals surface area contributed by atoms with Crippen LogP contribution in [0, 0.1) is 53.8 Å². The standard InChI is InChI=1S/C59H84N6O11/c1-32(2)30-64-26-21-59(22-27-64)61-46-43-44-51(70)39(10)54-45(43)55(72)57(11,76-54)74-28-17-40(33(3)4)36(7)53(75-42(67)29-41(66)65-23-14-18-58(31-65)19-24-63(12)25-20-58)38(9)50(69)37(8)49(68)34(5)15-13-16-35(6)56(73)60-48(52(44)71)47(46)62-59/h13,15-17,28,32-34,36-38,40,49-50,53,61,68-71H,14,18-27,29-31H2,1-12H3/b15-13+,28-17+,35-16-,60-48?/t34-,36+,37+,38+,40+,49-,50+,53+,57-/m0/s1. The van der Waals surface area contributed by atoms with Crippen molar-refractivity contribution in [2.45, 2.75) is 151 Å². The van der Waals surface area contributed by atoms with Crippen LogP contribution < -0.4 is 20.8 Å². The number of aromatic hydroxyl groups is 2. The van der Waals surface area contributed by atoms with Crippen molar-refractivity contribution < 1.29 is 53.8 Å². The number of nitrogens with zero attached hydrogens (tertiary/aromatic N) is 5. The molecule has 2 aromatic carbocycles. The van der Waals surface area contributed by atoms with E-state index in [9.17, 15) is 34.8 Å². The van der Waals surface area contributed by atoms with Crippen LogP contribution in [-0.2, 0) is 23.9 Å². The van der Waals surface area contributed by atoms with Gasteiger partial charge >= 0.3 is 11.8 Å². The Balaban J connectivity index is 1.18. The molecule has 3 saturated heterocycles. The monoisotopic (exact) mass is 1050 g/mol. The number of phenols is 2. The fourth-order valence-corrected chi connectivity index (χ4v) is 13.0. The van der Waals surface area contributed by atoms with Gasteiger partial charge in [0.2, 0.25) is 5.91 Å². The van der Waals surface area contributed by atoms with Crippen molar-refractivity contribution in [1.82, 2.24) is 14.7 Å². The molecular formula is C59H84N6O11. The average Bonchev–Trinajstić information content (AvgIpc) is 3.88. The van der Waals surface area contributed by atoms with Crippen LogP contribution in [0.4, 0.5) is 5.69 Å². The number of anilines is 1. The highest BCUT2D eigenvalue weighted by molar-refractivity contribution is 6.21. The summed E-state index contributed by atoms with van der Waals surface area (Å²) in [5, 5.41) is 51.9. The number of piperidine rings is 3. The first-order valence-electron chi connectivity index (χ1n) is 27.8. The smallest absolute Gasteiger partial charge is 0.315 e. The van der Waals surface area contributed by atoms with Gasteiger partial charge in [-0.2, -0.15) is 0 Å². The lowest BCUT2D eigenvalue weighted by Gasteiger charge is -2.47. The predicted octanol–water partition coefficient (Wildman–Crippen LogP) is 6.71. The number of benzene rings is 2. The average molecular weight is 1050 g/mol. The van der Waals surface area contributed by atoms with Gasteiger partial charge in [0.1, 0.15) is 40.4 Å². The van der Waals surface area contributed by atoms with Gasteiger partial charge in [0.25, 0.3) is 11.7 Å². The molecule has 0 saturated carbocycles. The van der Waals surface area contributed by atoms with E-state index in [-0.39, 0.29) is 66.9 Å². The molecule has 2 aromatic rings. The Hall–Kier alpha value is -5.36. The molecule has 0 unspecified atom stereocenters. The van der Waals surface area contributed by atoms with Gasteiger partial charge in [0, 0.05) is 92.7 Å². The van der Waals surface area contributed by atoms with Crippen molar-refractivity contribution in [2.75, 3.05) is 58.2 Å². The lowest BCUT2D eigenvalue weighted by atomic mass is 9.72. The van der Waals surface area contributed by atoms with E-state index >= 15 is 4.79 Å². The molecule has 0 aromatic heterocycles. The van der Waals surface area contributed by atoms with Gasteiger partial charge in [-0.3, -0.25) is 24.2 Å². The molecule has 2 spiro atoms. The van der Waals surface area contributed by atoms with Crippen LogP contribution in [0.2, 0.25) is 0 Å². The number of aliphatic hydroxyl groups excluding tert-OH is 2. The van der Waals surface area contributed by atoms with Gasteiger partial charge in [-0.15, -0.1) is 0 Å². The number of phenolic OH excluding ortho intramolecular Hbond substituents is 2. The third-order valence-corrected chi connectivity index (χ3v) is 17.9. The molecule has 3 fully saturated rings. The van der Waals surface area contributed by atoms with Crippen molar-refractivity contribution >= 4 is 40.0 Å². The maximum Gasteiger partial charge on any atom is 0.315 e. The minimum absolute atomic E-state index is 0.0375. The summed E-state index contributed by atoms with van der Waals surface area (Å²) in [6.45, 7) is 25.7. The number of aliphatic hydroxyl groups is 2. The van der Waals surface area contributed by atoms with Crippen LogP contribution in [0.1, 0.15) is 130 Å². The number of likely N-dealkylation sites (tertiary alicyclic amines) is 3. The number of fused-ring (bicyclic) bond motifs is 13. The third-order valence-electron chi connectivity index (χ3n) is 17.9. The maximum absolute atomic E-state index is 15.1. The van der Waals surface area contributed by atoms with Gasteiger partial charge in [-0.25, -0.2) is 4.99 Å². The summed E-state index contributed by atoms with van der Waals surface area (Å²) in [7, 11) is 2.11. The van der Waals surface area contributed by atoms with E-state index in [2.05, 4.69) is 41.0 Å². The van der Waals surface area contributed by atoms with Gasteiger partial charge < -0.3 is 54.7 Å². The molecule has 7 aliphatic rings. The molecule has 17 heteroatoms. The van der Waals surface area contributed by atoms with Crippen molar-refractivity contribution in [2.24, 2.45) is 56.8 Å². The number of allylic oxidation sites excluding steroid dienone is 3. The maximum atomic E-state index is 15.1. The number of ether oxygens (including phenoxy) is 3. The molecule has 416 valence electrons. The van der Waals surface area contributed by atoms with E-state index in [0.29, 0.717) is 37.5 Å². The second kappa shape index (κ2) is 22.2. The van der Waals surface area contributed by atoms with Crippen LogP contribution in [0.15, 0.2) is 46.1 Å². The van der Waals surface area contributed by atoms with E-state index in [1.165, 1.54) is 13.2 Å². The highest BCUT2D eigenvalue weighted by Gasteiger charge is 2.51. The molecule has 9 atom stereocenters. The van der Waals surface area contributed by atoms with Gasteiger partial charge in [-0.05, 0) is 88.9 Å². The zero-order valence-electron chi connectivity index (χ0n) is 46.9. The number of hydrogen-bond donors (Lipinski definition) is 5. The predicted molar refractivity (Wildman–Crippen MR) is 289 cm³/mol. The fourth-order valence-electron chi connectivity index (χ4n) is 13.0. The van der Waals surface area contributed by atoms with Gasteiger partial charge in [0.15, 0.2) is 5.75 Å². The molecule has 7 aliphatic heterocycles.